The van der Waals surface area contributed by atoms with E-state index >= 15 is 0 Å². The summed E-state index contributed by atoms with van der Waals surface area (Å²) in [6.45, 7) is 0. The van der Waals surface area contributed by atoms with E-state index in [4.69, 9.17) is 0 Å². The molecule has 0 amide bonds. The molecule has 3 heterocycles. The third-order valence-corrected chi connectivity index (χ3v) is 3.20. The highest BCUT2D eigenvalue weighted by molar-refractivity contribution is 5.78. The number of aromatic amines is 3. The van der Waals surface area contributed by atoms with Crippen molar-refractivity contribution in [2.24, 2.45) is 0 Å². The molecule has 0 aliphatic rings. The van der Waals surface area contributed by atoms with Crippen LogP contribution >= 0.6 is 0 Å². The van der Waals surface area contributed by atoms with E-state index in [0.29, 0.717) is 0 Å². The van der Waals surface area contributed by atoms with Crippen LogP contribution in [0.1, 0.15) is 0 Å². The summed E-state index contributed by atoms with van der Waals surface area (Å²) < 4.78 is 0. The third-order valence-electron chi connectivity index (χ3n) is 3.20. The number of H-pyrrole nitrogens is 3. The van der Waals surface area contributed by atoms with Gasteiger partial charge in [0, 0.05) is 24.1 Å². The molecule has 3 N–H and O–H groups in total. The Bertz CT molecular complexity index is 790. The molecule has 5 heteroatoms. The van der Waals surface area contributed by atoms with Crippen LogP contribution in [0, 0.1) is 0 Å². The van der Waals surface area contributed by atoms with Crippen molar-refractivity contribution in [3.05, 3.63) is 85.8 Å². The van der Waals surface area contributed by atoms with Crippen LogP contribution in [-0.2, 0) is 0 Å². The third kappa shape index (κ3) is 4.07. The second kappa shape index (κ2) is 7.61. The van der Waals surface area contributed by atoms with Crippen LogP contribution in [-0.4, -0.2) is 24.9 Å². The number of imidazole rings is 2. The Morgan fingerprint density at radius 2 is 1.52 bits per heavy atom. The van der Waals surface area contributed by atoms with Gasteiger partial charge in [0.15, 0.2) is 0 Å². The molecule has 0 radical (unpaired) electrons. The van der Waals surface area contributed by atoms with Crippen molar-refractivity contribution < 1.29 is 0 Å². The molecule has 0 unspecified atom stereocenters. The van der Waals surface area contributed by atoms with E-state index in [-0.39, 0.29) is 0 Å². The van der Waals surface area contributed by atoms with Gasteiger partial charge in [-0.25, -0.2) is 9.97 Å². The average molecular weight is 303 g/mol. The van der Waals surface area contributed by atoms with E-state index in [1.165, 1.54) is 10.9 Å². The summed E-state index contributed by atoms with van der Waals surface area (Å²) >= 11 is 0. The van der Waals surface area contributed by atoms with Gasteiger partial charge in [-0.2, -0.15) is 0 Å². The van der Waals surface area contributed by atoms with E-state index in [1.54, 1.807) is 25.0 Å². The molecule has 114 valence electrons. The highest BCUT2D eigenvalue weighted by atomic mass is 14.9. The summed E-state index contributed by atoms with van der Waals surface area (Å²) in [5.41, 5.74) is 3.33. The molecule has 3 aromatic heterocycles. The molecule has 0 fully saturated rings. The van der Waals surface area contributed by atoms with Gasteiger partial charge in [0.25, 0.3) is 0 Å². The van der Waals surface area contributed by atoms with E-state index < -0.39 is 0 Å². The van der Waals surface area contributed by atoms with Gasteiger partial charge in [0.1, 0.15) is 0 Å². The number of aromatic nitrogens is 5. The van der Waals surface area contributed by atoms with Crippen molar-refractivity contribution in [2.45, 2.75) is 0 Å². The maximum Gasteiger partial charge on any atom is 0.0931 e. The zero-order valence-electron chi connectivity index (χ0n) is 12.5. The van der Waals surface area contributed by atoms with Gasteiger partial charge in [-0.15, -0.1) is 0 Å². The van der Waals surface area contributed by atoms with E-state index in [0.717, 1.165) is 11.0 Å². The number of nitrogens with one attached hydrogen (secondary N) is 3. The molecule has 0 atom stereocenters. The molecule has 23 heavy (non-hydrogen) atoms. The van der Waals surface area contributed by atoms with Crippen molar-refractivity contribution in [3.63, 3.8) is 0 Å². The molecular weight excluding hydrogens is 286 g/mol. The molecule has 0 spiro atoms. The van der Waals surface area contributed by atoms with Crippen LogP contribution in [0.4, 0.5) is 0 Å². The second-order valence-corrected chi connectivity index (χ2v) is 4.75. The first kappa shape index (κ1) is 14.6. The fraction of sp³-hybridized carbons (Fsp3) is 0. The molecule has 0 aliphatic carbocycles. The van der Waals surface area contributed by atoms with Crippen LogP contribution in [0.25, 0.3) is 21.9 Å². The summed E-state index contributed by atoms with van der Waals surface area (Å²) in [7, 11) is 0. The lowest BCUT2D eigenvalue weighted by Gasteiger charge is -1.83. The molecule has 0 bridgehead atoms. The van der Waals surface area contributed by atoms with Crippen molar-refractivity contribution in [1.29, 1.82) is 0 Å². The smallest absolute Gasteiger partial charge is 0.0931 e. The lowest BCUT2D eigenvalue weighted by atomic mass is 10.3. The van der Waals surface area contributed by atoms with Gasteiger partial charge >= 0.3 is 0 Å². The molecule has 5 nitrogen and oxygen atoms in total. The molecule has 2 aromatic carbocycles. The number of rotatable bonds is 0. The van der Waals surface area contributed by atoms with Crippen LogP contribution < -0.4 is 0 Å². The first-order valence-electron chi connectivity index (χ1n) is 7.26. The van der Waals surface area contributed by atoms with Crippen molar-refractivity contribution in [3.8, 4) is 0 Å². The summed E-state index contributed by atoms with van der Waals surface area (Å²) in [6.07, 6.45) is 8.73. The van der Waals surface area contributed by atoms with Crippen molar-refractivity contribution >= 4 is 21.9 Å². The summed E-state index contributed by atoms with van der Waals surface area (Å²) in [6, 6.07) is 18.2. The normalized spacial score (nSPS) is 9.74. The second-order valence-electron chi connectivity index (χ2n) is 4.75. The quantitative estimate of drug-likeness (QED) is 0.402. The van der Waals surface area contributed by atoms with Crippen LogP contribution in [0.3, 0.4) is 0 Å². The zero-order chi connectivity index (χ0) is 15.7. The highest BCUT2D eigenvalue weighted by Gasteiger charge is 1.88. The molecule has 0 saturated carbocycles. The minimum atomic E-state index is 1.03. The Labute approximate surface area is 133 Å². The Kier molecular flexibility index (Phi) is 4.83. The highest BCUT2D eigenvalue weighted by Crippen LogP contribution is 2.09. The van der Waals surface area contributed by atoms with Crippen LogP contribution in [0.5, 0.6) is 0 Å². The fourth-order valence-corrected chi connectivity index (χ4v) is 2.09. The van der Waals surface area contributed by atoms with Crippen molar-refractivity contribution in [1.82, 2.24) is 24.9 Å². The zero-order valence-corrected chi connectivity index (χ0v) is 12.5. The Hall–Kier alpha value is -3.34. The number of hydrogen-bond acceptors (Lipinski definition) is 2. The number of nitrogens with zero attached hydrogens (tertiary/aromatic N) is 2. The maximum atomic E-state index is 4.06. The largest absolute Gasteiger partial charge is 0.361 e. The van der Waals surface area contributed by atoms with Gasteiger partial charge in [0.05, 0.1) is 23.7 Å². The topological polar surface area (TPSA) is 73.2 Å². The standard InChI is InChI=1S/C8H7N.C7H6N2.C3H4N2/c1-2-4-8-7(3-1)5-6-9-8;1-2-4-7-6(3-1)8-5-9-7;1-2-5-3-4-1/h1-6,9H;1-5H,(H,8,9);1-3H,(H,4,5). The fourth-order valence-electron chi connectivity index (χ4n) is 2.09. The van der Waals surface area contributed by atoms with Gasteiger partial charge in [0.2, 0.25) is 0 Å². The SMILES string of the molecule is c1c[nH]cn1.c1ccc2[nH]ccc2c1.c1ccc2[nH]cnc2c1. The number of hydrogen-bond donors (Lipinski definition) is 3. The Morgan fingerprint density at radius 3 is 2.22 bits per heavy atom. The molecule has 0 aliphatic heterocycles. The predicted molar refractivity (Wildman–Crippen MR) is 93.0 cm³/mol. The van der Waals surface area contributed by atoms with Gasteiger partial charge in [-0.1, -0.05) is 30.3 Å². The van der Waals surface area contributed by atoms with Gasteiger partial charge in [-0.3, -0.25) is 0 Å². The first-order valence-corrected chi connectivity index (χ1v) is 7.26. The maximum absolute atomic E-state index is 4.06. The summed E-state index contributed by atoms with van der Waals surface area (Å²) in [5, 5.41) is 1.28. The lowest BCUT2D eigenvalue weighted by molar-refractivity contribution is 1.31. The number of benzene rings is 2. The van der Waals surface area contributed by atoms with Crippen molar-refractivity contribution in [2.75, 3.05) is 0 Å². The first-order chi connectivity index (χ1) is 11.4. The minimum absolute atomic E-state index is 1.03. The van der Waals surface area contributed by atoms with Gasteiger partial charge in [-0.05, 0) is 29.7 Å². The van der Waals surface area contributed by atoms with E-state index in [9.17, 15) is 0 Å². The lowest BCUT2D eigenvalue weighted by Crippen LogP contribution is -1.63. The predicted octanol–water partition coefficient (Wildman–Crippen LogP) is 4.14. The average Bonchev–Trinajstić information content (AvgIpc) is 3.37. The number of fused-ring (bicyclic) bond motifs is 2. The van der Waals surface area contributed by atoms with E-state index in [1.807, 2.05) is 42.6 Å². The monoisotopic (exact) mass is 303 g/mol. The van der Waals surface area contributed by atoms with Crippen LogP contribution in [0.2, 0.25) is 0 Å². The molecular formula is C18H17N5. The number of para-hydroxylation sites is 3. The van der Waals surface area contributed by atoms with Gasteiger partial charge < -0.3 is 15.0 Å². The Balaban J connectivity index is 0.000000107. The molecule has 5 rings (SSSR count). The summed E-state index contributed by atoms with van der Waals surface area (Å²) in [5.74, 6) is 0. The molecule has 5 aromatic rings. The minimum Gasteiger partial charge on any atom is -0.361 e. The summed E-state index contributed by atoms with van der Waals surface area (Å²) in [4.78, 5) is 16.6. The van der Waals surface area contributed by atoms with E-state index in [2.05, 4.69) is 43.1 Å². The molecule has 0 saturated heterocycles. The van der Waals surface area contributed by atoms with Crippen LogP contribution in [0.15, 0.2) is 85.8 Å². The Morgan fingerprint density at radius 1 is 0.696 bits per heavy atom.